The molecule has 0 bridgehead atoms. The number of anilines is 1. The molecular weight excluding hydrogens is 532 g/mol. The Hall–Kier alpha value is -3.15. The number of aromatic nitrogens is 5. The third-order valence-electron chi connectivity index (χ3n) is 6.04. The van der Waals surface area contributed by atoms with Crippen LogP contribution in [0.2, 0.25) is 5.02 Å². The van der Waals surface area contributed by atoms with Crippen LogP contribution in [0.3, 0.4) is 0 Å². The Morgan fingerprint density at radius 3 is 2.78 bits per heavy atom. The van der Waals surface area contributed by atoms with Gasteiger partial charge < -0.3 is 10.1 Å². The number of amides is 1. The molecule has 1 amide bonds. The number of methoxy groups -OCH3 is 1. The number of rotatable bonds is 7. The third-order valence-corrected chi connectivity index (χ3v) is 8.45. The van der Waals surface area contributed by atoms with E-state index in [9.17, 15) is 9.59 Å². The van der Waals surface area contributed by atoms with Crippen molar-refractivity contribution in [2.24, 2.45) is 7.05 Å². The van der Waals surface area contributed by atoms with Gasteiger partial charge >= 0.3 is 5.97 Å². The Labute approximate surface area is 227 Å². The molecule has 1 aliphatic carbocycles. The van der Waals surface area contributed by atoms with Gasteiger partial charge in [-0.05, 0) is 55.9 Å². The van der Waals surface area contributed by atoms with E-state index >= 15 is 0 Å². The normalized spacial score (nSPS) is 12.9. The molecule has 0 atom stereocenters. The molecule has 0 radical (unpaired) electrons. The van der Waals surface area contributed by atoms with Gasteiger partial charge in [0.25, 0.3) is 0 Å². The van der Waals surface area contributed by atoms with E-state index in [0.717, 1.165) is 47.4 Å². The highest BCUT2D eigenvalue weighted by Crippen LogP contribution is 2.39. The van der Waals surface area contributed by atoms with Gasteiger partial charge in [-0.1, -0.05) is 35.5 Å². The first-order chi connectivity index (χ1) is 17.9. The van der Waals surface area contributed by atoms with Crippen molar-refractivity contribution >= 4 is 51.6 Å². The SMILES string of the molecule is COC(=O)c1c(NC(=O)CSc2nnc(-c3nn(C)cc3Cl)n2-c2cccc(C)c2)sc2c1CCCC2. The summed E-state index contributed by atoms with van der Waals surface area (Å²) in [5.74, 6) is -0.107. The fraction of sp³-hybridized carbons (Fsp3) is 0.320. The van der Waals surface area contributed by atoms with Crippen molar-refractivity contribution in [2.75, 3.05) is 18.2 Å². The van der Waals surface area contributed by atoms with E-state index in [1.165, 1.54) is 30.2 Å². The van der Waals surface area contributed by atoms with Crippen molar-refractivity contribution in [3.05, 3.63) is 57.1 Å². The van der Waals surface area contributed by atoms with Gasteiger partial charge in [0.15, 0.2) is 11.0 Å². The molecule has 5 rings (SSSR count). The molecule has 1 N–H and O–H groups in total. The van der Waals surface area contributed by atoms with Gasteiger partial charge in [0.05, 0.1) is 29.1 Å². The van der Waals surface area contributed by atoms with Crippen molar-refractivity contribution < 1.29 is 14.3 Å². The number of hydrogen-bond donors (Lipinski definition) is 1. The molecule has 0 saturated carbocycles. The van der Waals surface area contributed by atoms with Crippen LogP contribution in [0.15, 0.2) is 35.6 Å². The molecular formula is C25H25ClN6O3S2. The Bertz CT molecular complexity index is 1490. The molecule has 1 aliphatic rings. The number of aryl methyl sites for hydroxylation is 3. The molecule has 3 heterocycles. The second-order valence-corrected chi connectivity index (χ2v) is 11.2. The summed E-state index contributed by atoms with van der Waals surface area (Å²) in [7, 11) is 3.15. The lowest BCUT2D eigenvalue weighted by atomic mass is 9.95. The summed E-state index contributed by atoms with van der Waals surface area (Å²) in [4.78, 5) is 26.7. The molecule has 1 aromatic carbocycles. The molecule has 9 nitrogen and oxygen atoms in total. The number of fused-ring (bicyclic) bond motifs is 1. The zero-order valence-corrected chi connectivity index (χ0v) is 23.0. The number of nitrogens with zero attached hydrogens (tertiary/aromatic N) is 5. The highest BCUT2D eigenvalue weighted by atomic mass is 35.5. The lowest BCUT2D eigenvalue weighted by Gasteiger charge is -2.12. The van der Waals surface area contributed by atoms with Crippen molar-refractivity contribution in [3.8, 4) is 17.2 Å². The van der Waals surface area contributed by atoms with Crippen LogP contribution in [-0.4, -0.2) is 49.3 Å². The minimum atomic E-state index is -0.418. The second-order valence-electron chi connectivity index (χ2n) is 8.72. The quantitative estimate of drug-likeness (QED) is 0.250. The van der Waals surface area contributed by atoms with Crippen LogP contribution in [0.1, 0.15) is 39.2 Å². The molecule has 4 aromatic rings. The molecule has 12 heteroatoms. The van der Waals surface area contributed by atoms with Crippen molar-refractivity contribution in [2.45, 2.75) is 37.8 Å². The predicted octanol–water partition coefficient (Wildman–Crippen LogP) is 5.09. The Balaban J connectivity index is 1.41. The first kappa shape index (κ1) is 25.5. The zero-order valence-electron chi connectivity index (χ0n) is 20.6. The number of nitrogens with one attached hydrogen (secondary N) is 1. The lowest BCUT2D eigenvalue weighted by molar-refractivity contribution is -0.113. The van der Waals surface area contributed by atoms with Crippen LogP contribution >= 0.6 is 34.7 Å². The number of hydrogen-bond acceptors (Lipinski definition) is 8. The fourth-order valence-electron chi connectivity index (χ4n) is 4.39. The van der Waals surface area contributed by atoms with Gasteiger partial charge in [-0.15, -0.1) is 21.5 Å². The lowest BCUT2D eigenvalue weighted by Crippen LogP contribution is -2.17. The number of carbonyl (C=O) groups excluding carboxylic acids is 2. The van der Waals surface area contributed by atoms with E-state index in [-0.39, 0.29) is 11.7 Å². The van der Waals surface area contributed by atoms with Crippen LogP contribution in [-0.2, 0) is 29.4 Å². The maximum atomic E-state index is 13.0. The Kier molecular flexibility index (Phi) is 7.36. The number of thioether (sulfide) groups is 1. The molecule has 37 heavy (non-hydrogen) atoms. The molecule has 0 aliphatic heterocycles. The summed E-state index contributed by atoms with van der Waals surface area (Å²) in [6.07, 6.45) is 5.53. The average Bonchev–Trinajstić information content (AvgIpc) is 3.56. The van der Waals surface area contributed by atoms with E-state index in [1.54, 1.807) is 17.9 Å². The Morgan fingerprint density at radius 2 is 2.05 bits per heavy atom. The van der Waals surface area contributed by atoms with E-state index < -0.39 is 5.97 Å². The van der Waals surface area contributed by atoms with Crippen LogP contribution in [0.5, 0.6) is 0 Å². The Morgan fingerprint density at radius 1 is 1.24 bits per heavy atom. The van der Waals surface area contributed by atoms with Gasteiger partial charge in [-0.3, -0.25) is 14.0 Å². The second kappa shape index (κ2) is 10.7. The van der Waals surface area contributed by atoms with E-state index in [1.807, 2.05) is 35.8 Å². The van der Waals surface area contributed by atoms with Crippen molar-refractivity contribution in [1.29, 1.82) is 0 Å². The van der Waals surface area contributed by atoms with Gasteiger partial charge in [0, 0.05) is 18.1 Å². The molecule has 0 fully saturated rings. The van der Waals surface area contributed by atoms with E-state index in [0.29, 0.717) is 32.3 Å². The zero-order chi connectivity index (χ0) is 26.1. The van der Waals surface area contributed by atoms with Crippen LogP contribution in [0.4, 0.5) is 5.00 Å². The number of esters is 1. The highest BCUT2D eigenvalue weighted by molar-refractivity contribution is 7.99. The van der Waals surface area contributed by atoms with Crippen LogP contribution in [0, 0.1) is 6.92 Å². The number of thiophene rings is 1. The van der Waals surface area contributed by atoms with Crippen molar-refractivity contribution in [3.63, 3.8) is 0 Å². The fourth-order valence-corrected chi connectivity index (χ4v) is 6.70. The van der Waals surface area contributed by atoms with Gasteiger partial charge in [0.1, 0.15) is 10.7 Å². The topological polar surface area (TPSA) is 104 Å². The van der Waals surface area contributed by atoms with E-state index in [4.69, 9.17) is 16.3 Å². The predicted molar refractivity (Wildman–Crippen MR) is 145 cm³/mol. The average molecular weight is 557 g/mol. The minimum absolute atomic E-state index is 0.0725. The van der Waals surface area contributed by atoms with Crippen molar-refractivity contribution in [1.82, 2.24) is 24.5 Å². The first-order valence-corrected chi connectivity index (χ1v) is 13.9. The largest absolute Gasteiger partial charge is 0.465 e. The third kappa shape index (κ3) is 5.16. The minimum Gasteiger partial charge on any atom is -0.465 e. The molecule has 0 unspecified atom stereocenters. The molecule has 0 spiro atoms. The highest BCUT2D eigenvalue weighted by Gasteiger charge is 2.27. The monoisotopic (exact) mass is 556 g/mol. The number of benzene rings is 1. The van der Waals surface area contributed by atoms with Gasteiger partial charge in [-0.2, -0.15) is 5.10 Å². The van der Waals surface area contributed by atoms with E-state index in [2.05, 4.69) is 20.6 Å². The van der Waals surface area contributed by atoms with Crippen LogP contribution < -0.4 is 5.32 Å². The smallest absolute Gasteiger partial charge is 0.341 e. The standard InChI is InChI=1S/C25H25ClN6O3S2/c1-14-7-6-8-15(11-14)32-22(21-17(26)12-31(2)30-21)28-29-25(32)36-13-19(33)27-23-20(24(34)35-3)16-9-4-5-10-18(16)37-23/h6-8,11-12H,4-5,9-10,13H2,1-3H3,(H,27,33). The summed E-state index contributed by atoms with van der Waals surface area (Å²) >= 11 is 9.13. The summed E-state index contributed by atoms with van der Waals surface area (Å²) in [6, 6.07) is 7.90. The molecule has 0 saturated heterocycles. The number of ether oxygens (including phenoxy) is 1. The maximum absolute atomic E-state index is 13.0. The van der Waals surface area contributed by atoms with Gasteiger partial charge in [0.2, 0.25) is 5.91 Å². The summed E-state index contributed by atoms with van der Waals surface area (Å²) < 4.78 is 8.48. The summed E-state index contributed by atoms with van der Waals surface area (Å²) in [5.41, 5.74) is 3.89. The summed E-state index contributed by atoms with van der Waals surface area (Å²) in [5, 5.41) is 17.6. The number of carbonyl (C=O) groups is 2. The summed E-state index contributed by atoms with van der Waals surface area (Å²) in [6.45, 7) is 2.00. The van der Waals surface area contributed by atoms with Crippen LogP contribution in [0.25, 0.3) is 17.2 Å². The maximum Gasteiger partial charge on any atom is 0.341 e. The van der Waals surface area contributed by atoms with Gasteiger partial charge in [-0.25, -0.2) is 4.79 Å². The number of halogens is 1. The molecule has 192 valence electrons. The first-order valence-electron chi connectivity index (χ1n) is 11.7. The molecule has 3 aromatic heterocycles.